The van der Waals surface area contributed by atoms with E-state index in [0.717, 1.165) is 22.6 Å². The highest BCUT2D eigenvalue weighted by Gasteiger charge is 2.45. The molecule has 1 aliphatic heterocycles. The molecular weight excluding hydrogens is 244 g/mol. The van der Waals surface area contributed by atoms with Crippen molar-refractivity contribution >= 4 is 22.8 Å². The minimum Gasteiger partial charge on any atom is -0.361 e. The van der Waals surface area contributed by atoms with Gasteiger partial charge in [0.15, 0.2) is 5.17 Å². The minimum atomic E-state index is -0.556. The molecule has 1 heterocycles. The Balaban J connectivity index is 1.67. The standard InChI is InChI=1S/C14H20N2OS/c1-8(2)14(3)12(17)16-13(18-14)15-11-7-9-4-5-10(11)6-9/h9-11H,1,4-7H2,2-3H3,(H,15,16,17)/t9-,10-,11-,14-/m0/s1. The maximum Gasteiger partial charge on any atom is 0.268 e. The zero-order chi connectivity index (χ0) is 12.9. The summed E-state index contributed by atoms with van der Waals surface area (Å²) in [6.07, 6.45) is 5.35. The van der Waals surface area contributed by atoms with Gasteiger partial charge in [-0.3, -0.25) is 4.79 Å². The maximum atomic E-state index is 12.0. The van der Waals surface area contributed by atoms with Crippen molar-refractivity contribution in [2.45, 2.75) is 50.3 Å². The number of nitrogens with zero attached hydrogens (tertiary/aromatic N) is 1. The second-order valence-electron chi connectivity index (χ2n) is 6.06. The highest BCUT2D eigenvalue weighted by Crippen LogP contribution is 2.45. The van der Waals surface area contributed by atoms with Gasteiger partial charge in [0.1, 0.15) is 4.75 Å². The number of fused-ring (bicyclic) bond motifs is 2. The first kappa shape index (κ1) is 12.3. The predicted octanol–water partition coefficient (Wildman–Crippen LogP) is 2.73. The highest BCUT2D eigenvalue weighted by molar-refractivity contribution is 8.16. The van der Waals surface area contributed by atoms with Crippen molar-refractivity contribution in [2.24, 2.45) is 16.8 Å². The van der Waals surface area contributed by atoms with Crippen molar-refractivity contribution in [3.63, 3.8) is 0 Å². The van der Waals surface area contributed by atoms with E-state index in [-0.39, 0.29) is 5.91 Å². The second-order valence-corrected chi connectivity index (χ2v) is 7.47. The fraction of sp³-hybridized carbons (Fsp3) is 0.714. The van der Waals surface area contributed by atoms with Gasteiger partial charge in [-0.1, -0.05) is 30.3 Å². The summed E-state index contributed by atoms with van der Waals surface area (Å²) in [5.74, 6) is 1.64. The first-order valence-corrected chi connectivity index (χ1v) is 7.55. The van der Waals surface area contributed by atoms with Gasteiger partial charge in [0.2, 0.25) is 0 Å². The van der Waals surface area contributed by atoms with Crippen LogP contribution in [0.4, 0.5) is 0 Å². The topological polar surface area (TPSA) is 41.5 Å². The van der Waals surface area contributed by atoms with Crippen LogP contribution in [0.5, 0.6) is 0 Å². The number of amides is 1. The van der Waals surface area contributed by atoms with E-state index in [9.17, 15) is 4.79 Å². The van der Waals surface area contributed by atoms with Gasteiger partial charge in [0, 0.05) is 6.04 Å². The molecular formula is C14H20N2OS. The SMILES string of the molecule is C=C(C)[C@]1(C)SC(N[C@H]2C[C@H]3CC[C@H]2C3)=NC1=O. The number of amidine groups is 1. The number of carbonyl (C=O) groups excluding carboxylic acids is 1. The Bertz CT molecular complexity index is 445. The molecule has 2 fully saturated rings. The zero-order valence-corrected chi connectivity index (χ0v) is 11.8. The van der Waals surface area contributed by atoms with Gasteiger partial charge < -0.3 is 5.32 Å². The van der Waals surface area contributed by atoms with Gasteiger partial charge in [0.05, 0.1) is 0 Å². The molecule has 4 heteroatoms. The quantitative estimate of drug-likeness (QED) is 0.780. The van der Waals surface area contributed by atoms with Gasteiger partial charge in [-0.2, -0.15) is 4.99 Å². The summed E-state index contributed by atoms with van der Waals surface area (Å²) in [6, 6.07) is 0.537. The van der Waals surface area contributed by atoms with Crippen LogP contribution in [0, 0.1) is 11.8 Å². The minimum absolute atomic E-state index is 0.0642. The van der Waals surface area contributed by atoms with Crippen LogP contribution in [0.15, 0.2) is 17.1 Å². The summed E-state index contributed by atoms with van der Waals surface area (Å²) < 4.78 is -0.556. The van der Waals surface area contributed by atoms with Crippen molar-refractivity contribution in [1.82, 2.24) is 5.32 Å². The zero-order valence-electron chi connectivity index (χ0n) is 11.0. The molecule has 1 amide bonds. The Kier molecular flexibility index (Phi) is 2.81. The lowest BCUT2D eigenvalue weighted by molar-refractivity contribution is -0.118. The number of rotatable bonds is 2. The Labute approximate surface area is 113 Å². The fourth-order valence-electron chi connectivity index (χ4n) is 3.37. The molecule has 3 nitrogen and oxygen atoms in total. The molecule has 18 heavy (non-hydrogen) atoms. The first-order valence-electron chi connectivity index (χ1n) is 6.73. The summed E-state index contributed by atoms with van der Waals surface area (Å²) in [5.41, 5.74) is 0.881. The lowest BCUT2D eigenvalue weighted by Crippen LogP contribution is -2.37. The third kappa shape index (κ3) is 1.81. The molecule has 0 aromatic heterocycles. The highest BCUT2D eigenvalue weighted by atomic mass is 32.2. The van der Waals surface area contributed by atoms with E-state index in [1.54, 1.807) is 0 Å². The molecule has 0 spiro atoms. The third-order valence-corrected chi connectivity index (χ3v) is 6.11. The van der Waals surface area contributed by atoms with E-state index in [1.807, 2.05) is 13.8 Å². The summed E-state index contributed by atoms with van der Waals surface area (Å²) >= 11 is 1.53. The Morgan fingerprint density at radius 2 is 2.28 bits per heavy atom. The lowest BCUT2D eigenvalue weighted by atomic mass is 9.96. The van der Waals surface area contributed by atoms with Crippen molar-refractivity contribution in [2.75, 3.05) is 0 Å². The van der Waals surface area contributed by atoms with Crippen molar-refractivity contribution < 1.29 is 4.79 Å². The van der Waals surface area contributed by atoms with Crippen LogP contribution < -0.4 is 5.32 Å². The number of hydrogen-bond acceptors (Lipinski definition) is 3. The molecule has 0 aromatic rings. The molecule has 1 N–H and O–H groups in total. The van der Waals surface area contributed by atoms with Crippen LogP contribution in [0.2, 0.25) is 0 Å². The normalized spacial score (nSPS) is 42.2. The molecule has 4 atom stereocenters. The van der Waals surface area contributed by atoms with Gasteiger partial charge in [-0.05, 0) is 44.9 Å². The Morgan fingerprint density at radius 3 is 2.78 bits per heavy atom. The van der Waals surface area contributed by atoms with Gasteiger partial charge >= 0.3 is 0 Å². The van der Waals surface area contributed by atoms with Crippen LogP contribution in [-0.2, 0) is 4.79 Å². The summed E-state index contributed by atoms with van der Waals surface area (Å²) in [5, 5.41) is 4.31. The number of carbonyl (C=O) groups is 1. The van der Waals surface area contributed by atoms with E-state index >= 15 is 0 Å². The average Bonchev–Trinajstić information content (AvgIpc) is 2.95. The molecule has 2 saturated carbocycles. The second kappa shape index (κ2) is 4.12. The largest absolute Gasteiger partial charge is 0.361 e. The van der Waals surface area contributed by atoms with Crippen molar-refractivity contribution in [1.29, 1.82) is 0 Å². The molecule has 0 saturated heterocycles. The summed E-state index contributed by atoms with van der Waals surface area (Å²) in [6.45, 7) is 7.74. The van der Waals surface area contributed by atoms with Crippen LogP contribution in [0.25, 0.3) is 0 Å². The van der Waals surface area contributed by atoms with Crippen molar-refractivity contribution in [3.8, 4) is 0 Å². The lowest BCUT2D eigenvalue weighted by Gasteiger charge is -2.25. The van der Waals surface area contributed by atoms with Gasteiger partial charge in [-0.15, -0.1) is 0 Å². The summed E-state index contributed by atoms with van der Waals surface area (Å²) in [4.78, 5) is 16.2. The molecule has 2 bridgehead atoms. The molecule has 0 aromatic carbocycles. The molecule has 3 rings (SSSR count). The third-order valence-electron chi connectivity index (χ3n) is 4.77. The van der Waals surface area contributed by atoms with Crippen LogP contribution in [0.3, 0.4) is 0 Å². The van der Waals surface area contributed by atoms with E-state index < -0.39 is 4.75 Å². The maximum absolute atomic E-state index is 12.0. The molecule has 0 radical (unpaired) electrons. The average molecular weight is 264 g/mol. The number of thioether (sulfide) groups is 1. The Hall–Kier alpha value is -0.770. The number of nitrogens with one attached hydrogen (secondary N) is 1. The Morgan fingerprint density at radius 1 is 1.50 bits per heavy atom. The molecule has 98 valence electrons. The predicted molar refractivity (Wildman–Crippen MR) is 75.6 cm³/mol. The number of hydrogen-bond donors (Lipinski definition) is 1. The molecule has 2 aliphatic carbocycles. The fourth-order valence-corrected chi connectivity index (χ4v) is 4.40. The van der Waals surface area contributed by atoms with Gasteiger partial charge in [0.25, 0.3) is 5.91 Å². The number of aliphatic imine (C=N–C) groups is 1. The smallest absolute Gasteiger partial charge is 0.268 e. The van der Waals surface area contributed by atoms with Gasteiger partial charge in [-0.25, -0.2) is 0 Å². The van der Waals surface area contributed by atoms with Crippen molar-refractivity contribution in [3.05, 3.63) is 12.2 Å². The van der Waals surface area contributed by atoms with E-state index in [4.69, 9.17) is 0 Å². The molecule has 0 unspecified atom stereocenters. The van der Waals surface area contributed by atoms with Crippen LogP contribution in [0.1, 0.15) is 39.5 Å². The van der Waals surface area contributed by atoms with E-state index in [1.165, 1.54) is 37.4 Å². The van der Waals surface area contributed by atoms with Crippen LogP contribution in [-0.4, -0.2) is 21.9 Å². The first-order chi connectivity index (χ1) is 8.49. The monoisotopic (exact) mass is 264 g/mol. The molecule has 3 aliphatic rings. The van der Waals surface area contributed by atoms with E-state index in [2.05, 4.69) is 16.9 Å². The summed E-state index contributed by atoms with van der Waals surface area (Å²) in [7, 11) is 0. The van der Waals surface area contributed by atoms with E-state index in [0.29, 0.717) is 6.04 Å². The van der Waals surface area contributed by atoms with Crippen LogP contribution >= 0.6 is 11.8 Å².